The first-order valence-electron chi connectivity index (χ1n) is 16.2. The molecule has 2 fully saturated rings. The number of likely N-dealkylation sites (tertiary alicyclic amines) is 1. The number of benzene rings is 2. The quantitative estimate of drug-likeness (QED) is 0.207. The van der Waals surface area contributed by atoms with Crippen LogP contribution < -0.4 is 20.3 Å². The van der Waals surface area contributed by atoms with Crippen molar-refractivity contribution in [2.24, 2.45) is 0 Å². The minimum absolute atomic E-state index is 0.00394. The maximum absolute atomic E-state index is 13.1. The van der Waals surface area contributed by atoms with E-state index >= 15 is 0 Å². The van der Waals surface area contributed by atoms with Crippen LogP contribution in [0.3, 0.4) is 0 Å². The highest BCUT2D eigenvalue weighted by molar-refractivity contribution is 6.33. The third-order valence-electron chi connectivity index (χ3n) is 8.82. The van der Waals surface area contributed by atoms with Gasteiger partial charge in [-0.25, -0.2) is 9.97 Å². The minimum Gasteiger partial charge on any atom is -0.388 e. The van der Waals surface area contributed by atoms with Gasteiger partial charge in [0.25, 0.3) is 11.8 Å². The van der Waals surface area contributed by atoms with E-state index in [1.165, 1.54) is 12.3 Å². The summed E-state index contributed by atoms with van der Waals surface area (Å²) in [6.45, 7) is 4.06. The van der Waals surface area contributed by atoms with Gasteiger partial charge in [0.1, 0.15) is 5.82 Å². The first-order valence-corrected chi connectivity index (χ1v) is 16.6. The van der Waals surface area contributed by atoms with Gasteiger partial charge in [-0.1, -0.05) is 35.9 Å². The van der Waals surface area contributed by atoms with Crippen molar-refractivity contribution in [1.82, 2.24) is 25.5 Å². The lowest BCUT2D eigenvalue weighted by molar-refractivity contribution is -0.276. The molecule has 9 nitrogen and oxygen atoms in total. The van der Waals surface area contributed by atoms with Gasteiger partial charge in [-0.15, -0.1) is 13.2 Å². The molecule has 2 aromatic heterocycles. The van der Waals surface area contributed by atoms with Crippen molar-refractivity contribution in [1.29, 1.82) is 0 Å². The molecule has 13 heteroatoms. The molecule has 0 saturated carbocycles. The molecule has 0 spiro atoms. The summed E-state index contributed by atoms with van der Waals surface area (Å²) in [6, 6.07) is 20.9. The third-order valence-corrected chi connectivity index (χ3v) is 9.15. The Labute approximate surface area is 287 Å². The number of aromatic nitrogens is 2. The predicted octanol–water partition coefficient (Wildman–Crippen LogP) is 6.49. The highest BCUT2D eigenvalue weighted by Gasteiger charge is 2.32. The standard InChI is InChI=1S/C36H36ClF3N6O3/c37-31-9-7-26(20-30(31)27-8-11-33(42-22-27)49-36(38,39)40)35(48)44-28-12-16-45(17-13-28)23-24-6-10-32(41-21-24)46-18-14-29(15-19-46)43-34(47)25-4-2-1-3-5-25/h1-11,20-22,28-29H,12-19,23H2,(H,43,47)(H,44,48). The lowest BCUT2D eigenvalue weighted by atomic mass is 10.0. The van der Waals surface area contributed by atoms with Crippen molar-refractivity contribution in [2.75, 3.05) is 31.1 Å². The summed E-state index contributed by atoms with van der Waals surface area (Å²) in [5.41, 5.74) is 3.13. The SMILES string of the molecule is O=C(NC1CCN(Cc2ccc(N3CCC(NC(=O)c4ccccc4)CC3)nc2)CC1)c1ccc(Cl)c(-c2ccc(OC(F)(F)F)nc2)c1. The molecule has 0 atom stereocenters. The number of ether oxygens (including phenoxy) is 1. The number of alkyl halides is 3. The summed E-state index contributed by atoms with van der Waals surface area (Å²) < 4.78 is 41.3. The molecule has 0 unspecified atom stereocenters. The van der Waals surface area contributed by atoms with Gasteiger partial charge in [0.15, 0.2) is 0 Å². The van der Waals surface area contributed by atoms with Gasteiger partial charge in [0, 0.05) is 90.5 Å². The molecule has 0 radical (unpaired) electrons. The Balaban J connectivity index is 0.944. The van der Waals surface area contributed by atoms with E-state index in [4.69, 9.17) is 16.6 Å². The maximum atomic E-state index is 13.1. The van der Waals surface area contributed by atoms with Crippen LogP contribution in [-0.2, 0) is 6.54 Å². The van der Waals surface area contributed by atoms with Crippen molar-refractivity contribution in [3.05, 3.63) is 107 Å². The number of nitrogens with zero attached hydrogens (tertiary/aromatic N) is 4. The highest BCUT2D eigenvalue weighted by atomic mass is 35.5. The topological polar surface area (TPSA) is 99.7 Å². The zero-order valence-electron chi connectivity index (χ0n) is 26.6. The number of hydrogen-bond acceptors (Lipinski definition) is 7. The van der Waals surface area contributed by atoms with E-state index < -0.39 is 12.2 Å². The van der Waals surface area contributed by atoms with E-state index in [0.717, 1.165) is 75.9 Å². The van der Waals surface area contributed by atoms with Crippen LogP contribution in [-0.4, -0.2) is 71.3 Å². The molecule has 2 aromatic carbocycles. The van der Waals surface area contributed by atoms with Gasteiger partial charge in [-0.3, -0.25) is 14.5 Å². The number of carbonyl (C=O) groups excluding carboxylic acids is 2. The molecule has 0 bridgehead atoms. The summed E-state index contributed by atoms with van der Waals surface area (Å²) in [4.78, 5) is 38.7. The van der Waals surface area contributed by atoms with E-state index in [1.807, 2.05) is 36.5 Å². The number of amides is 2. The lowest BCUT2D eigenvalue weighted by Crippen LogP contribution is -2.45. The minimum atomic E-state index is -4.84. The summed E-state index contributed by atoms with van der Waals surface area (Å²) in [7, 11) is 0. The van der Waals surface area contributed by atoms with E-state index in [0.29, 0.717) is 27.3 Å². The number of anilines is 1. The van der Waals surface area contributed by atoms with E-state index in [2.05, 4.69) is 42.3 Å². The molecule has 2 N–H and O–H groups in total. The predicted molar refractivity (Wildman–Crippen MR) is 181 cm³/mol. The number of rotatable bonds is 9. The largest absolute Gasteiger partial charge is 0.574 e. The number of nitrogens with one attached hydrogen (secondary N) is 2. The van der Waals surface area contributed by atoms with Crippen LogP contribution in [0.25, 0.3) is 11.1 Å². The zero-order chi connectivity index (χ0) is 34.4. The van der Waals surface area contributed by atoms with Gasteiger partial charge in [0.05, 0.1) is 0 Å². The van der Waals surface area contributed by atoms with E-state index in [9.17, 15) is 22.8 Å². The molecule has 0 aliphatic carbocycles. The van der Waals surface area contributed by atoms with Gasteiger partial charge in [-0.2, -0.15) is 0 Å². The number of halogens is 4. The summed E-state index contributed by atoms with van der Waals surface area (Å²) in [6.07, 6.45) is 1.62. The molecule has 6 rings (SSSR count). The fourth-order valence-electron chi connectivity index (χ4n) is 6.18. The van der Waals surface area contributed by atoms with Crippen molar-refractivity contribution >= 4 is 29.2 Å². The molecular formula is C36H36ClF3N6O3. The Hall–Kier alpha value is -4.68. The van der Waals surface area contributed by atoms with Crippen molar-refractivity contribution in [3.8, 4) is 17.0 Å². The second-order valence-electron chi connectivity index (χ2n) is 12.3. The van der Waals surface area contributed by atoms with Crippen LogP contribution in [0.15, 0.2) is 85.2 Å². The number of hydrogen-bond donors (Lipinski definition) is 2. The van der Waals surface area contributed by atoms with E-state index in [1.54, 1.807) is 18.2 Å². The molecule has 2 aliphatic rings. The molecular weight excluding hydrogens is 657 g/mol. The number of piperidine rings is 2. The zero-order valence-corrected chi connectivity index (χ0v) is 27.4. The second-order valence-corrected chi connectivity index (χ2v) is 12.7. The molecule has 2 amide bonds. The van der Waals surface area contributed by atoms with Crippen molar-refractivity contribution in [2.45, 2.75) is 50.7 Å². The number of pyridine rings is 2. The molecule has 256 valence electrons. The summed E-state index contributed by atoms with van der Waals surface area (Å²) in [5.74, 6) is 0.0750. The van der Waals surface area contributed by atoms with E-state index in [-0.39, 0.29) is 23.9 Å². The molecule has 4 aromatic rings. The summed E-state index contributed by atoms with van der Waals surface area (Å²) >= 11 is 6.35. The Bertz CT molecular complexity index is 1730. The highest BCUT2D eigenvalue weighted by Crippen LogP contribution is 2.30. The average molecular weight is 693 g/mol. The lowest BCUT2D eigenvalue weighted by Gasteiger charge is -2.34. The Morgan fingerprint density at radius 3 is 2.08 bits per heavy atom. The first-order chi connectivity index (χ1) is 23.6. The van der Waals surface area contributed by atoms with Crippen molar-refractivity contribution < 1.29 is 27.5 Å². The number of carbonyl (C=O) groups is 2. The van der Waals surface area contributed by atoms with Gasteiger partial charge < -0.3 is 20.3 Å². The smallest absolute Gasteiger partial charge is 0.388 e. The Morgan fingerprint density at radius 2 is 1.47 bits per heavy atom. The first kappa shape index (κ1) is 34.2. The van der Waals surface area contributed by atoms with Gasteiger partial charge in [-0.05, 0) is 73.7 Å². The van der Waals surface area contributed by atoms with Crippen LogP contribution in [0.1, 0.15) is 52.0 Å². The molecule has 4 heterocycles. The van der Waals surface area contributed by atoms with Crippen LogP contribution in [0.4, 0.5) is 19.0 Å². The third kappa shape index (κ3) is 9.27. The van der Waals surface area contributed by atoms with Crippen LogP contribution in [0.2, 0.25) is 5.02 Å². The normalized spacial score (nSPS) is 16.3. The second kappa shape index (κ2) is 15.3. The van der Waals surface area contributed by atoms with Gasteiger partial charge in [0.2, 0.25) is 5.88 Å². The van der Waals surface area contributed by atoms with Gasteiger partial charge >= 0.3 is 6.36 Å². The molecule has 2 aliphatic heterocycles. The Kier molecular flexibility index (Phi) is 10.6. The fraction of sp³-hybridized carbons (Fsp3) is 0.333. The van der Waals surface area contributed by atoms with Crippen LogP contribution >= 0.6 is 11.6 Å². The molecule has 2 saturated heterocycles. The fourth-order valence-corrected chi connectivity index (χ4v) is 6.40. The van der Waals surface area contributed by atoms with Crippen molar-refractivity contribution in [3.63, 3.8) is 0 Å². The van der Waals surface area contributed by atoms with Crippen LogP contribution in [0.5, 0.6) is 5.88 Å². The van der Waals surface area contributed by atoms with Crippen LogP contribution in [0, 0.1) is 0 Å². The molecule has 49 heavy (non-hydrogen) atoms. The monoisotopic (exact) mass is 692 g/mol. The summed E-state index contributed by atoms with van der Waals surface area (Å²) in [5, 5.41) is 6.60. The Morgan fingerprint density at radius 1 is 0.796 bits per heavy atom. The maximum Gasteiger partial charge on any atom is 0.574 e. The average Bonchev–Trinajstić information content (AvgIpc) is 3.10.